The summed E-state index contributed by atoms with van der Waals surface area (Å²) in [5.41, 5.74) is -2.73. The lowest BCUT2D eigenvalue weighted by Gasteiger charge is -2.36. The summed E-state index contributed by atoms with van der Waals surface area (Å²) in [5, 5.41) is 12.1. The highest BCUT2D eigenvalue weighted by Gasteiger charge is 2.57. The number of hydrogen-bond acceptors (Lipinski definition) is 5. The Morgan fingerprint density at radius 2 is 1.89 bits per heavy atom. The Kier molecular flexibility index (Phi) is 5.09. The lowest BCUT2D eigenvalue weighted by atomic mass is 9.88. The van der Waals surface area contributed by atoms with Gasteiger partial charge in [-0.05, 0) is 38.0 Å². The molecule has 0 radical (unpaired) electrons. The third kappa shape index (κ3) is 3.68. The number of piperidine rings is 1. The largest absolute Gasteiger partial charge is 0.482 e. The molecule has 1 saturated heterocycles. The second kappa shape index (κ2) is 7.08. The fourth-order valence-corrected chi connectivity index (χ4v) is 3.25. The number of benzene rings is 1. The highest BCUT2D eigenvalue weighted by molar-refractivity contribution is 6.01. The number of nitrogens with zero attached hydrogens (tertiary/aromatic N) is 1. The van der Waals surface area contributed by atoms with Gasteiger partial charge in [0.25, 0.3) is 11.8 Å². The van der Waals surface area contributed by atoms with Crippen LogP contribution in [0.15, 0.2) is 18.2 Å². The zero-order valence-electron chi connectivity index (χ0n) is 15.0. The second-order valence-electron chi connectivity index (χ2n) is 7.05. The number of alkyl halides is 3. The number of fused-ring (bicyclic) bond motifs is 1. The molecule has 2 heterocycles. The van der Waals surface area contributed by atoms with Gasteiger partial charge in [0, 0.05) is 24.6 Å². The summed E-state index contributed by atoms with van der Waals surface area (Å²) < 4.78 is 43.7. The molecule has 28 heavy (non-hydrogen) atoms. The van der Waals surface area contributed by atoms with Gasteiger partial charge >= 0.3 is 6.18 Å². The van der Waals surface area contributed by atoms with Crippen LogP contribution in [0.4, 0.5) is 18.9 Å². The van der Waals surface area contributed by atoms with Gasteiger partial charge in [0.05, 0.1) is 5.69 Å². The van der Waals surface area contributed by atoms with Gasteiger partial charge in [-0.25, -0.2) is 0 Å². The number of anilines is 1. The van der Waals surface area contributed by atoms with Crippen molar-refractivity contribution < 1.29 is 37.4 Å². The van der Waals surface area contributed by atoms with Crippen LogP contribution in [0.5, 0.6) is 5.75 Å². The number of hydrogen-bond donors (Lipinski definition) is 2. The topological polar surface area (TPSA) is 95.9 Å². The van der Waals surface area contributed by atoms with Crippen LogP contribution in [0.2, 0.25) is 0 Å². The van der Waals surface area contributed by atoms with Crippen molar-refractivity contribution in [1.29, 1.82) is 0 Å². The van der Waals surface area contributed by atoms with Crippen molar-refractivity contribution in [2.75, 3.05) is 25.0 Å². The smallest absolute Gasteiger partial charge is 0.426 e. The first kappa shape index (κ1) is 20.1. The normalized spacial score (nSPS) is 19.9. The molecule has 3 rings (SSSR count). The zero-order chi connectivity index (χ0) is 20.7. The Balaban J connectivity index is 1.65. The number of likely N-dealkylation sites (tertiary alicyclic amines) is 1. The monoisotopic (exact) mass is 400 g/mol. The van der Waals surface area contributed by atoms with Crippen molar-refractivity contribution in [1.82, 2.24) is 4.90 Å². The van der Waals surface area contributed by atoms with Crippen molar-refractivity contribution >= 4 is 23.3 Å². The summed E-state index contributed by atoms with van der Waals surface area (Å²) >= 11 is 0. The van der Waals surface area contributed by atoms with Gasteiger partial charge in [-0.3, -0.25) is 14.4 Å². The van der Waals surface area contributed by atoms with Gasteiger partial charge in [0.2, 0.25) is 5.60 Å². The van der Waals surface area contributed by atoms with Crippen LogP contribution in [-0.4, -0.2) is 59.1 Å². The molecule has 1 aromatic carbocycles. The minimum Gasteiger partial charge on any atom is -0.482 e. The summed E-state index contributed by atoms with van der Waals surface area (Å²) in [5.74, 6) is -2.00. The molecule has 2 amide bonds. The number of rotatable bonds is 3. The fraction of sp³-hybridized carbons (Fsp3) is 0.500. The number of aliphatic hydroxyl groups is 1. The Morgan fingerprint density at radius 1 is 1.25 bits per heavy atom. The Hall–Kier alpha value is -2.62. The van der Waals surface area contributed by atoms with E-state index >= 15 is 0 Å². The van der Waals surface area contributed by atoms with Crippen molar-refractivity contribution in [2.24, 2.45) is 5.92 Å². The predicted octanol–water partition coefficient (Wildman–Crippen LogP) is 1.75. The summed E-state index contributed by atoms with van der Waals surface area (Å²) in [7, 11) is 0. The van der Waals surface area contributed by atoms with Gasteiger partial charge < -0.3 is 20.1 Å². The highest BCUT2D eigenvalue weighted by atomic mass is 19.4. The number of amides is 2. The first-order valence-corrected chi connectivity index (χ1v) is 8.70. The summed E-state index contributed by atoms with van der Waals surface area (Å²) in [4.78, 5) is 37.1. The van der Waals surface area contributed by atoms with E-state index in [9.17, 15) is 32.7 Å². The van der Waals surface area contributed by atoms with Gasteiger partial charge in [-0.15, -0.1) is 0 Å². The molecule has 0 saturated carbocycles. The number of nitrogens with one attached hydrogen (secondary N) is 1. The average Bonchev–Trinajstić information content (AvgIpc) is 2.65. The molecule has 2 N–H and O–H groups in total. The van der Waals surface area contributed by atoms with Gasteiger partial charge in [0.1, 0.15) is 5.75 Å². The van der Waals surface area contributed by atoms with Crippen molar-refractivity contribution in [3.8, 4) is 5.75 Å². The van der Waals surface area contributed by atoms with Crippen LogP contribution in [0.1, 0.15) is 30.1 Å². The van der Waals surface area contributed by atoms with E-state index in [1.54, 1.807) is 12.1 Å². The Morgan fingerprint density at radius 3 is 2.50 bits per heavy atom. The fourth-order valence-electron chi connectivity index (χ4n) is 3.25. The number of carbonyl (C=O) groups is 3. The van der Waals surface area contributed by atoms with Crippen molar-refractivity contribution in [3.05, 3.63) is 23.8 Å². The molecular formula is C18H19F3N2O5. The molecule has 152 valence electrons. The lowest BCUT2D eigenvalue weighted by molar-refractivity contribution is -0.250. The van der Waals surface area contributed by atoms with Crippen LogP contribution < -0.4 is 10.1 Å². The molecule has 7 nitrogen and oxygen atoms in total. The van der Waals surface area contributed by atoms with E-state index in [0.29, 0.717) is 23.9 Å². The molecule has 1 fully saturated rings. The summed E-state index contributed by atoms with van der Waals surface area (Å²) in [6.45, 7) is 0.197. The average molecular weight is 400 g/mol. The zero-order valence-corrected chi connectivity index (χ0v) is 15.0. The number of Topliss-reactive ketones (excluding diaryl/α,β-unsaturated/α-hetero) is 1. The van der Waals surface area contributed by atoms with E-state index in [4.69, 9.17) is 4.74 Å². The summed E-state index contributed by atoms with van der Waals surface area (Å²) in [6.07, 6.45) is -4.72. The second-order valence-corrected chi connectivity index (χ2v) is 7.05. The number of ether oxygens (including phenoxy) is 1. The summed E-state index contributed by atoms with van der Waals surface area (Å²) in [6, 6.07) is 4.63. The van der Waals surface area contributed by atoms with Crippen LogP contribution in [0.25, 0.3) is 0 Å². The minimum atomic E-state index is -5.08. The SMILES string of the molecule is CC(O)(C(=O)N1CCC(C(=O)c2ccc3c(c2)NC(=O)CO3)CC1)C(F)(F)F. The molecule has 0 spiro atoms. The maximum absolute atomic E-state index is 12.8. The van der Waals surface area contributed by atoms with E-state index in [0.717, 1.165) is 4.90 Å². The first-order valence-electron chi connectivity index (χ1n) is 8.70. The number of halogens is 3. The Bertz CT molecular complexity index is 814. The maximum atomic E-state index is 12.8. The van der Waals surface area contributed by atoms with Gasteiger partial charge in [-0.1, -0.05) is 0 Å². The van der Waals surface area contributed by atoms with Gasteiger partial charge in [0.15, 0.2) is 12.4 Å². The minimum absolute atomic E-state index is 0.0632. The molecule has 2 aliphatic rings. The van der Waals surface area contributed by atoms with Crippen LogP contribution >= 0.6 is 0 Å². The highest BCUT2D eigenvalue weighted by Crippen LogP contribution is 2.34. The molecule has 10 heteroatoms. The van der Waals surface area contributed by atoms with E-state index in [1.807, 2.05) is 0 Å². The first-order chi connectivity index (χ1) is 13.0. The molecule has 1 aromatic rings. The number of carbonyl (C=O) groups excluding carboxylic acids is 3. The maximum Gasteiger partial charge on any atom is 0.426 e. The van der Waals surface area contributed by atoms with E-state index in [1.165, 1.54) is 6.07 Å². The van der Waals surface area contributed by atoms with Crippen LogP contribution in [-0.2, 0) is 9.59 Å². The third-order valence-electron chi connectivity index (χ3n) is 5.02. The molecule has 2 aliphatic heterocycles. The lowest BCUT2D eigenvalue weighted by Crippen LogP contribution is -2.57. The van der Waals surface area contributed by atoms with Crippen molar-refractivity contribution in [2.45, 2.75) is 31.5 Å². The quantitative estimate of drug-likeness (QED) is 0.754. The van der Waals surface area contributed by atoms with Crippen LogP contribution in [0.3, 0.4) is 0 Å². The van der Waals surface area contributed by atoms with Crippen LogP contribution in [0, 0.1) is 5.92 Å². The Labute approximate surface area is 158 Å². The molecule has 0 bridgehead atoms. The molecule has 0 aliphatic carbocycles. The predicted molar refractivity (Wildman–Crippen MR) is 90.9 cm³/mol. The molecule has 1 unspecified atom stereocenters. The van der Waals surface area contributed by atoms with Crippen molar-refractivity contribution in [3.63, 3.8) is 0 Å². The number of ketones is 1. The molecular weight excluding hydrogens is 381 g/mol. The molecule has 0 aromatic heterocycles. The van der Waals surface area contributed by atoms with E-state index < -0.39 is 23.6 Å². The molecule has 1 atom stereocenters. The van der Waals surface area contributed by atoms with E-state index in [2.05, 4.69) is 5.32 Å². The standard InChI is InChI=1S/C18H19F3N2O5/c1-17(27,18(19,20)21)16(26)23-6-4-10(5-7-23)15(25)11-2-3-13-12(8-11)22-14(24)9-28-13/h2-3,8,10,27H,4-7,9H2,1H3,(H,22,24). The van der Waals surface area contributed by atoms with E-state index in [-0.39, 0.29) is 44.2 Å². The van der Waals surface area contributed by atoms with Gasteiger partial charge in [-0.2, -0.15) is 13.2 Å². The third-order valence-corrected chi connectivity index (χ3v) is 5.02.